The third kappa shape index (κ3) is 4.75. The fourth-order valence-corrected chi connectivity index (χ4v) is 4.10. The number of rotatable bonds is 4. The zero-order chi connectivity index (χ0) is 21.6. The fourth-order valence-electron chi connectivity index (χ4n) is 4.10. The molecule has 0 aromatic heterocycles. The van der Waals surface area contributed by atoms with Gasteiger partial charge >= 0.3 is 0 Å². The van der Waals surface area contributed by atoms with Gasteiger partial charge in [-0.15, -0.1) is 0 Å². The van der Waals surface area contributed by atoms with Gasteiger partial charge in [-0.05, 0) is 64.3 Å². The standard InChI is InChI=1S/C31H28/c1-4-9-30-24(3)10-6-5-7-11-28-12-8-13-29(31(28)30)22-25-16-20-27(21-17-25)26-18-14-23(2)15-19-26/h4-10,12-21H,1,3,11,22H2,2H3/b7-5-,10-6-,30-9-. The molecular formula is C31H28. The van der Waals surface area contributed by atoms with Crippen LogP contribution in [0.2, 0.25) is 0 Å². The summed E-state index contributed by atoms with van der Waals surface area (Å²) in [5.41, 5.74) is 11.2. The summed E-state index contributed by atoms with van der Waals surface area (Å²) >= 11 is 0. The molecule has 1 aliphatic rings. The normalized spacial score (nSPS) is 16.7. The summed E-state index contributed by atoms with van der Waals surface area (Å²) in [7, 11) is 0. The van der Waals surface area contributed by atoms with E-state index < -0.39 is 0 Å². The molecule has 31 heavy (non-hydrogen) atoms. The molecule has 3 aromatic carbocycles. The van der Waals surface area contributed by atoms with Gasteiger partial charge in [0.2, 0.25) is 0 Å². The molecule has 0 heterocycles. The van der Waals surface area contributed by atoms with E-state index in [9.17, 15) is 0 Å². The van der Waals surface area contributed by atoms with Crippen LogP contribution in [0.15, 0.2) is 122 Å². The maximum Gasteiger partial charge on any atom is -0.00195 e. The minimum absolute atomic E-state index is 0.881. The van der Waals surface area contributed by atoms with Crippen LogP contribution in [0.5, 0.6) is 0 Å². The molecule has 0 N–H and O–H groups in total. The van der Waals surface area contributed by atoms with Gasteiger partial charge in [0.15, 0.2) is 0 Å². The minimum Gasteiger partial charge on any atom is -0.0990 e. The van der Waals surface area contributed by atoms with Crippen molar-refractivity contribution in [3.63, 3.8) is 0 Å². The molecule has 0 fully saturated rings. The summed E-state index contributed by atoms with van der Waals surface area (Å²) in [6.07, 6.45) is 14.2. The van der Waals surface area contributed by atoms with Crippen molar-refractivity contribution in [1.82, 2.24) is 0 Å². The van der Waals surface area contributed by atoms with Crippen LogP contribution in [0, 0.1) is 6.92 Å². The maximum absolute atomic E-state index is 4.32. The lowest BCUT2D eigenvalue weighted by molar-refractivity contribution is 1.14. The third-order valence-electron chi connectivity index (χ3n) is 5.75. The molecule has 0 radical (unpaired) electrons. The van der Waals surface area contributed by atoms with Crippen molar-refractivity contribution < 1.29 is 0 Å². The number of fused-ring (bicyclic) bond motifs is 1. The molecule has 0 unspecified atom stereocenters. The quantitative estimate of drug-likeness (QED) is 0.415. The molecular weight excluding hydrogens is 372 g/mol. The average Bonchev–Trinajstić information content (AvgIpc) is 2.86. The Bertz CT molecular complexity index is 1180. The van der Waals surface area contributed by atoms with E-state index in [1.807, 2.05) is 6.08 Å². The number of aryl methyl sites for hydroxylation is 1. The van der Waals surface area contributed by atoms with Crippen molar-refractivity contribution in [2.75, 3.05) is 0 Å². The maximum atomic E-state index is 4.32. The zero-order valence-electron chi connectivity index (χ0n) is 18.1. The Kier molecular flexibility index (Phi) is 6.29. The first-order valence-electron chi connectivity index (χ1n) is 10.8. The van der Waals surface area contributed by atoms with Gasteiger partial charge in [-0.2, -0.15) is 0 Å². The van der Waals surface area contributed by atoms with E-state index in [2.05, 4.69) is 117 Å². The SMILES string of the molecule is C=C/C=C1/C(=C)/C=C\C=C/Cc2cccc(Cc3ccc(-c4ccc(C)cc4)cc3)c21. The van der Waals surface area contributed by atoms with Gasteiger partial charge in [0, 0.05) is 0 Å². The van der Waals surface area contributed by atoms with E-state index >= 15 is 0 Å². The molecule has 152 valence electrons. The van der Waals surface area contributed by atoms with Crippen molar-refractivity contribution in [2.45, 2.75) is 19.8 Å². The molecule has 0 saturated heterocycles. The molecule has 0 bridgehead atoms. The summed E-state index contributed by atoms with van der Waals surface area (Å²) in [5, 5.41) is 0. The Labute approximate surface area is 186 Å². The monoisotopic (exact) mass is 400 g/mol. The van der Waals surface area contributed by atoms with Gasteiger partial charge in [-0.3, -0.25) is 0 Å². The highest BCUT2D eigenvalue weighted by Crippen LogP contribution is 2.32. The Balaban J connectivity index is 1.70. The van der Waals surface area contributed by atoms with Crippen LogP contribution in [0.1, 0.15) is 27.8 Å². The molecule has 0 amide bonds. The first kappa shape index (κ1) is 20.6. The molecule has 1 aliphatic carbocycles. The van der Waals surface area contributed by atoms with E-state index in [-0.39, 0.29) is 0 Å². The van der Waals surface area contributed by atoms with Gasteiger partial charge in [-0.1, -0.05) is 122 Å². The van der Waals surface area contributed by atoms with Gasteiger partial charge in [0.1, 0.15) is 0 Å². The lowest BCUT2D eigenvalue weighted by Crippen LogP contribution is -2.01. The molecule has 0 spiro atoms. The molecule has 4 rings (SSSR count). The highest BCUT2D eigenvalue weighted by atomic mass is 14.2. The first-order valence-corrected chi connectivity index (χ1v) is 10.8. The molecule has 0 atom stereocenters. The van der Waals surface area contributed by atoms with Crippen LogP contribution < -0.4 is 0 Å². The van der Waals surface area contributed by atoms with Crippen molar-refractivity contribution in [2.24, 2.45) is 0 Å². The molecule has 0 aliphatic heterocycles. The van der Waals surface area contributed by atoms with Crippen LogP contribution in [0.4, 0.5) is 0 Å². The van der Waals surface area contributed by atoms with Crippen LogP contribution in [-0.4, -0.2) is 0 Å². The van der Waals surface area contributed by atoms with E-state index in [0.717, 1.165) is 24.0 Å². The van der Waals surface area contributed by atoms with Gasteiger partial charge in [0.25, 0.3) is 0 Å². The number of hydrogen-bond acceptors (Lipinski definition) is 0. The summed E-state index contributed by atoms with van der Waals surface area (Å²) in [6, 6.07) is 24.3. The second-order valence-electron chi connectivity index (χ2n) is 8.02. The van der Waals surface area contributed by atoms with E-state index in [1.165, 1.54) is 38.9 Å². The number of benzene rings is 3. The Morgan fingerprint density at radius 1 is 0.871 bits per heavy atom. The summed E-state index contributed by atoms with van der Waals surface area (Å²) in [5.74, 6) is 0. The predicted molar refractivity (Wildman–Crippen MR) is 135 cm³/mol. The second-order valence-corrected chi connectivity index (χ2v) is 8.02. The smallest absolute Gasteiger partial charge is 0.00195 e. The van der Waals surface area contributed by atoms with Crippen molar-refractivity contribution in [3.05, 3.63) is 150 Å². The van der Waals surface area contributed by atoms with Crippen molar-refractivity contribution in [3.8, 4) is 11.1 Å². The van der Waals surface area contributed by atoms with Gasteiger partial charge < -0.3 is 0 Å². The molecule has 0 heteroatoms. The van der Waals surface area contributed by atoms with Crippen LogP contribution >= 0.6 is 0 Å². The van der Waals surface area contributed by atoms with Crippen molar-refractivity contribution >= 4 is 5.57 Å². The Hall–Kier alpha value is -3.64. The van der Waals surface area contributed by atoms with Crippen LogP contribution in [0.3, 0.4) is 0 Å². The van der Waals surface area contributed by atoms with Gasteiger partial charge in [-0.25, -0.2) is 0 Å². The van der Waals surface area contributed by atoms with Crippen LogP contribution in [-0.2, 0) is 12.8 Å². The highest BCUT2D eigenvalue weighted by Gasteiger charge is 2.15. The number of allylic oxidation sites excluding steroid dienone is 8. The Morgan fingerprint density at radius 2 is 1.58 bits per heavy atom. The second kappa shape index (κ2) is 9.45. The predicted octanol–water partition coefficient (Wildman–Crippen LogP) is 8.05. The summed E-state index contributed by atoms with van der Waals surface area (Å²) < 4.78 is 0. The summed E-state index contributed by atoms with van der Waals surface area (Å²) in [6.45, 7) is 10.4. The average molecular weight is 401 g/mol. The molecule has 0 saturated carbocycles. The minimum atomic E-state index is 0.881. The van der Waals surface area contributed by atoms with E-state index in [1.54, 1.807) is 0 Å². The lowest BCUT2D eigenvalue weighted by atomic mass is 9.86. The largest absolute Gasteiger partial charge is 0.0990 e. The zero-order valence-corrected chi connectivity index (χ0v) is 18.1. The van der Waals surface area contributed by atoms with Crippen molar-refractivity contribution in [1.29, 1.82) is 0 Å². The highest BCUT2D eigenvalue weighted by molar-refractivity contribution is 5.85. The van der Waals surface area contributed by atoms with E-state index in [4.69, 9.17) is 0 Å². The van der Waals surface area contributed by atoms with Gasteiger partial charge in [0.05, 0.1) is 0 Å². The fraction of sp³-hybridized carbons (Fsp3) is 0.0968. The Morgan fingerprint density at radius 3 is 2.29 bits per heavy atom. The molecule has 0 nitrogen and oxygen atoms in total. The van der Waals surface area contributed by atoms with E-state index in [0.29, 0.717) is 0 Å². The number of hydrogen-bond donors (Lipinski definition) is 0. The topological polar surface area (TPSA) is 0 Å². The van der Waals surface area contributed by atoms with Crippen LogP contribution in [0.25, 0.3) is 16.7 Å². The first-order chi connectivity index (χ1) is 15.2. The lowest BCUT2D eigenvalue weighted by Gasteiger charge is -2.18. The summed E-state index contributed by atoms with van der Waals surface area (Å²) in [4.78, 5) is 0. The molecule has 3 aromatic rings. The third-order valence-corrected chi connectivity index (χ3v) is 5.75.